The molecule has 2 rings (SSSR count). The first-order chi connectivity index (χ1) is 9.96. The second kappa shape index (κ2) is 6.60. The van der Waals surface area contributed by atoms with Gasteiger partial charge in [0, 0.05) is 16.7 Å². The molecule has 0 saturated heterocycles. The zero-order valence-corrected chi connectivity index (χ0v) is 14.0. The van der Waals surface area contributed by atoms with Gasteiger partial charge in [-0.25, -0.2) is 8.42 Å². The number of hydrogen-bond acceptors (Lipinski definition) is 3. The van der Waals surface area contributed by atoms with Gasteiger partial charge in [-0.15, -0.1) is 0 Å². The summed E-state index contributed by atoms with van der Waals surface area (Å²) in [5.74, 6) is 0. The lowest BCUT2D eigenvalue weighted by Gasteiger charge is -2.11. The fraction of sp³-hybridized carbons (Fsp3) is 0.200. The maximum atomic E-state index is 12.5. The number of rotatable bonds is 5. The summed E-state index contributed by atoms with van der Waals surface area (Å²) in [7, 11) is -3.65. The Labute approximate surface area is 133 Å². The van der Waals surface area contributed by atoms with E-state index in [0.717, 1.165) is 17.5 Å². The fourth-order valence-electron chi connectivity index (χ4n) is 1.90. The van der Waals surface area contributed by atoms with E-state index in [4.69, 9.17) is 5.73 Å². The minimum Gasteiger partial charge on any atom is -0.326 e. The van der Waals surface area contributed by atoms with Crippen LogP contribution in [0.5, 0.6) is 0 Å². The molecule has 6 heteroatoms. The molecule has 112 valence electrons. The Morgan fingerprint density at radius 1 is 1.10 bits per heavy atom. The smallest absolute Gasteiger partial charge is 0.263 e. The van der Waals surface area contributed by atoms with Gasteiger partial charge in [0.1, 0.15) is 4.90 Å². The van der Waals surface area contributed by atoms with E-state index >= 15 is 0 Å². The minimum absolute atomic E-state index is 0.185. The molecule has 3 N–H and O–H groups in total. The zero-order valence-electron chi connectivity index (χ0n) is 11.6. The third-order valence-corrected chi connectivity index (χ3v) is 5.51. The van der Waals surface area contributed by atoms with E-state index in [1.54, 1.807) is 30.3 Å². The standard InChI is InChI=1S/C15H17BrN2O2S/c1-2-11-3-6-13(7-4-11)18-21(19,20)15-9-12(10-17)5-8-14(15)16/h3-9,18H,2,10,17H2,1H3. The van der Waals surface area contributed by atoms with Crippen LogP contribution in [0.1, 0.15) is 18.1 Å². The molecule has 0 unspecified atom stereocenters. The molecule has 0 bridgehead atoms. The van der Waals surface area contributed by atoms with Crippen molar-refractivity contribution in [3.8, 4) is 0 Å². The summed E-state index contributed by atoms with van der Waals surface area (Å²) >= 11 is 3.27. The summed E-state index contributed by atoms with van der Waals surface area (Å²) < 4.78 is 28.0. The van der Waals surface area contributed by atoms with Crippen LogP contribution in [0.4, 0.5) is 5.69 Å². The second-order valence-corrected chi connectivity index (χ2v) is 7.13. The molecule has 0 atom stereocenters. The van der Waals surface area contributed by atoms with Crippen LogP contribution in [0, 0.1) is 0 Å². The van der Waals surface area contributed by atoms with E-state index in [2.05, 4.69) is 27.6 Å². The summed E-state index contributed by atoms with van der Waals surface area (Å²) in [6, 6.07) is 12.4. The van der Waals surface area contributed by atoms with Crippen LogP contribution in [0.3, 0.4) is 0 Å². The summed E-state index contributed by atoms with van der Waals surface area (Å²) in [5.41, 5.74) is 8.03. The normalized spacial score (nSPS) is 11.4. The Morgan fingerprint density at radius 3 is 2.29 bits per heavy atom. The molecular formula is C15H17BrN2O2S. The average Bonchev–Trinajstić information content (AvgIpc) is 2.48. The van der Waals surface area contributed by atoms with Crippen molar-refractivity contribution < 1.29 is 8.42 Å². The van der Waals surface area contributed by atoms with Gasteiger partial charge in [0.25, 0.3) is 10.0 Å². The number of anilines is 1. The largest absolute Gasteiger partial charge is 0.326 e. The number of halogens is 1. The Balaban J connectivity index is 2.33. The highest BCUT2D eigenvalue weighted by Crippen LogP contribution is 2.25. The van der Waals surface area contributed by atoms with E-state index in [1.807, 2.05) is 12.1 Å². The monoisotopic (exact) mass is 368 g/mol. The van der Waals surface area contributed by atoms with Gasteiger partial charge in [-0.2, -0.15) is 0 Å². The molecule has 0 aliphatic rings. The Kier molecular flexibility index (Phi) is 5.03. The highest BCUT2D eigenvalue weighted by molar-refractivity contribution is 9.10. The van der Waals surface area contributed by atoms with Gasteiger partial charge in [0.15, 0.2) is 0 Å². The molecule has 0 aliphatic heterocycles. The van der Waals surface area contributed by atoms with Crippen molar-refractivity contribution >= 4 is 31.6 Å². The fourth-order valence-corrected chi connectivity index (χ4v) is 3.97. The Morgan fingerprint density at radius 2 is 1.71 bits per heavy atom. The number of benzene rings is 2. The third-order valence-electron chi connectivity index (χ3n) is 3.14. The van der Waals surface area contributed by atoms with Gasteiger partial charge < -0.3 is 5.73 Å². The van der Waals surface area contributed by atoms with Crippen molar-refractivity contribution in [3.63, 3.8) is 0 Å². The van der Waals surface area contributed by atoms with E-state index in [-0.39, 0.29) is 4.90 Å². The maximum absolute atomic E-state index is 12.5. The van der Waals surface area contributed by atoms with E-state index < -0.39 is 10.0 Å². The highest BCUT2D eigenvalue weighted by atomic mass is 79.9. The van der Waals surface area contributed by atoms with Crippen molar-refractivity contribution in [1.82, 2.24) is 0 Å². The quantitative estimate of drug-likeness (QED) is 0.850. The highest BCUT2D eigenvalue weighted by Gasteiger charge is 2.18. The van der Waals surface area contributed by atoms with E-state index in [0.29, 0.717) is 16.7 Å². The van der Waals surface area contributed by atoms with Crippen LogP contribution in [-0.4, -0.2) is 8.42 Å². The second-order valence-electron chi connectivity index (χ2n) is 4.62. The molecule has 0 radical (unpaired) electrons. The molecule has 0 fully saturated rings. The number of sulfonamides is 1. The third kappa shape index (κ3) is 3.84. The van der Waals surface area contributed by atoms with Gasteiger partial charge >= 0.3 is 0 Å². The number of hydrogen-bond donors (Lipinski definition) is 2. The first-order valence-electron chi connectivity index (χ1n) is 6.56. The summed E-state index contributed by atoms with van der Waals surface area (Å²) in [6.45, 7) is 2.34. The molecule has 0 heterocycles. The Bertz CT molecular complexity index is 728. The summed E-state index contributed by atoms with van der Waals surface area (Å²) in [6.07, 6.45) is 0.914. The topological polar surface area (TPSA) is 72.2 Å². The molecule has 0 aliphatic carbocycles. The maximum Gasteiger partial charge on any atom is 0.263 e. The molecule has 4 nitrogen and oxygen atoms in total. The first-order valence-corrected chi connectivity index (χ1v) is 8.84. The van der Waals surface area contributed by atoms with Gasteiger partial charge in [-0.05, 0) is 57.7 Å². The molecule has 2 aromatic carbocycles. The van der Waals surface area contributed by atoms with E-state index in [9.17, 15) is 8.42 Å². The first kappa shape index (κ1) is 16.0. The van der Waals surface area contributed by atoms with Gasteiger partial charge in [0.05, 0.1) is 0 Å². The van der Waals surface area contributed by atoms with Crippen molar-refractivity contribution in [2.24, 2.45) is 5.73 Å². The van der Waals surface area contributed by atoms with Crippen molar-refractivity contribution in [2.75, 3.05) is 4.72 Å². The van der Waals surface area contributed by atoms with Gasteiger partial charge in [-0.3, -0.25) is 4.72 Å². The predicted molar refractivity (Wildman–Crippen MR) is 88.7 cm³/mol. The van der Waals surface area contributed by atoms with Crippen LogP contribution in [0.25, 0.3) is 0 Å². The SMILES string of the molecule is CCc1ccc(NS(=O)(=O)c2cc(CN)ccc2Br)cc1. The number of nitrogens with one attached hydrogen (secondary N) is 1. The molecule has 0 aromatic heterocycles. The van der Waals surface area contributed by atoms with Crippen molar-refractivity contribution in [1.29, 1.82) is 0 Å². The van der Waals surface area contributed by atoms with Crippen LogP contribution >= 0.6 is 15.9 Å². The molecule has 2 aromatic rings. The summed E-state index contributed by atoms with van der Waals surface area (Å²) in [4.78, 5) is 0.185. The van der Waals surface area contributed by atoms with E-state index in [1.165, 1.54) is 0 Å². The van der Waals surface area contributed by atoms with Crippen molar-refractivity contribution in [2.45, 2.75) is 24.8 Å². The lowest BCUT2D eigenvalue weighted by atomic mass is 10.2. The number of aryl methyl sites for hydroxylation is 1. The van der Waals surface area contributed by atoms with Crippen LogP contribution in [-0.2, 0) is 23.0 Å². The predicted octanol–water partition coefficient (Wildman–Crippen LogP) is 3.27. The zero-order chi connectivity index (χ0) is 15.5. The lowest BCUT2D eigenvalue weighted by molar-refractivity contribution is 0.600. The Hall–Kier alpha value is -1.37. The molecule has 21 heavy (non-hydrogen) atoms. The molecule has 0 amide bonds. The van der Waals surface area contributed by atoms with Crippen LogP contribution in [0.2, 0.25) is 0 Å². The average molecular weight is 369 g/mol. The summed E-state index contributed by atoms with van der Waals surface area (Å²) in [5, 5.41) is 0. The number of nitrogens with two attached hydrogens (primary N) is 1. The minimum atomic E-state index is -3.65. The van der Waals surface area contributed by atoms with Crippen LogP contribution < -0.4 is 10.5 Å². The molecular weight excluding hydrogens is 352 g/mol. The molecule has 0 spiro atoms. The van der Waals surface area contributed by atoms with Crippen molar-refractivity contribution in [3.05, 3.63) is 58.1 Å². The van der Waals surface area contributed by atoms with Gasteiger partial charge in [0.2, 0.25) is 0 Å². The van der Waals surface area contributed by atoms with Crippen LogP contribution in [0.15, 0.2) is 51.8 Å². The lowest BCUT2D eigenvalue weighted by Crippen LogP contribution is -2.14. The van der Waals surface area contributed by atoms with Gasteiger partial charge in [-0.1, -0.05) is 25.1 Å². The molecule has 0 saturated carbocycles.